The summed E-state index contributed by atoms with van der Waals surface area (Å²) in [5.41, 5.74) is 1.36. The van der Waals surface area contributed by atoms with E-state index in [4.69, 9.17) is 16.0 Å². The minimum atomic E-state index is -0.285. The van der Waals surface area contributed by atoms with E-state index in [1.165, 1.54) is 12.3 Å². The molecule has 0 unspecified atom stereocenters. The maximum absolute atomic E-state index is 11.9. The molecule has 0 spiro atoms. The van der Waals surface area contributed by atoms with Crippen LogP contribution in [-0.4, -0.2) is 31.4 Å². The number of halogens is 1. The third-order valence-electron chi connectivity index (χ3n) is 3.54. The van der Waals surface area contributed by atoms with E-state index in [-0.39, 0.29) is 18.4 Å². The number of nitrogens with zero attached hydrogens (tertiary/aromatic N) is 1. The molecule has 2 N–H and O–H groups in total. The third-order valence-corrected chi connectivity index (χ3v) is 3.84. The molecule has 3 rings (SSSR count). The number of rotatable bonds is 4. The molecule has 6 nitrogen and oxygen atoms in total. The number of anilines is 2. The number of amides is 2. The van der Waals surface area contributed by atoms with Crippen molar-refractivity contribution in [1.82, 2.24) is 5.32 Å². The number of hydrogen-bond acceptors (Lipinski definition) is 4. The highest BCUT2D eigenvalue weighted by Crippen LogP contribution is 2.29. The molecule has 2 heterocycles. The van der Waals surface area contributed by atoms with Crippen molar-refractivity contribution >= 4 is 40.9 Å². The van der Waals surface area contributed by atoms with Crippen LogP contribution in [0.15, 0.2) is 47.1 Å². The van der Waals surface area contributed by atoms with E-state index in [9.17, 15) is 9.59 Å². The van der Waals surface area contributed by atoms with E-state index < -0.39 is 0 Å². The van der Waals surface area contributed by atoms with Crippen molar-refractivity contribution in [1.29, 1.82) is 0 Å². The van der Waals surface area contributed by atoms with Gasteiger partial charge in [-0.3, -0.25) is 9.59 Å². The zero-order chi connectivity index (χ0) is 16.9. The molecule has 1 aromatic heterocycles. The van der Waals surface area contributed by atoms with Gasteiger partial charge >= 0.3 is 0 Å². The third kappa shape index (κ3) is 3.97. The number of hydrogen-bond donors (Lipinski definition) is 2. The molecule has 0 bridgehead atoms. The smallest absolute Gasteiger partial charge is 0.248 e. The molecule has 1 saturated heterocycles. The maximum atomic E-state index is 11.9. The lowest BCUT2D eigenvalue weighted by atomic mass is 10.2. The summed E-state index contributed by atoms with van der Waals surface area (Å²) in [5, 5.41) is 5.99. The van der Waals surface area contributed by atoms with Crippen molar-refractivity contribution < 1.29 is 14.0 Å². The lowest BCUT2D eigenvalue weighted by molar-refractivity contribution is -0.120. The van der Waals surface area contributed by atoms with Gasteiger partial charge in [0.15, 0.2) is 0 Å². The van der Waals surface area contributed by atoms with Gasteiger partial charge in [0.25, 0.3) is 0 Å². The van der Waals surface area contributed by atoms with Crippen molar-refractivity contribution in [3.8, 4) is 0 Å². The molecule has 1 aliphatic rings. The largest absolute Gasteiger partial charge is 0.465 e. The van der Waals surface area contributed by atoms with Gasteiger partial charge in [0.2, 0.25) is 11.8 Å². The molecule has 124 valence electrons. The Balaban J connectivity index is 1.66. The van der Waals surface area contributed by atoms with Crippen LogP contribution >= 0.6 is 11.6 Å². The quantitative estimate of drug-likeness (QED) is 0.835. The van der Waals surface area contributed by atoms with Gasteiger partial charge in [0, 0.05) is 24.9 Å². The fourth-order valence-corrected chi connectivity index (χ4v) is 2.71. The summed E-state index contributed by atoms with van der Waals surface area (Å²) in [4.78, 5) is 25.3. The van der Waals surface area contributed by atoms with Crippen molar-refractivity contribution in [2.24, 2.45) is 0 Å². The Morgan fingerprint density at radius 2 is 2.25 bits per heavy atom. The van der Waals surface area contributed by atoms with Crippen LogP contribution in [0.2, 0.25) is 5.02 Å². The second-order valence-electron chi connectivity index (χ2n) is 5.28. The Hall–Kier alpha value is -2.73. The first-order valence-electron chi connectivity index (χ1n) is 7.45. The highest BCUT2D eigenvalue weighted by molar-refractivity contribution is 6.33. The number of furan rings is 1. The first-order chi connectivity index (χ1) is 11.6. The second kappa shape index (κ2) is 7.23. The first kappa shape index (κ1) is 16.1. The van der Waals surface area contributed by atoms with E-state index in [0.717, 1.165) is 5.69 Å². The number of benzene rings is 1. The van der Waals surface area contributed by atoms with Gasteiger partial charge < -0.3 is 20.0 Å². The minimum Gasteiger partial charge on any atom is -0.465 e. The first-order valence-corrected chi connectivity index (χ1v) is 7.83. The monoisotopic (exact) mass is 345 g/mol. The zero-order valence-corrected chi connectivity index (χ0v) is 13.5. The fourth-order valence-electron chi connectivity index (χ4n) is 2.41. The summed E-state index contributed by atoms with van der Waals surface area (Å²) >= 11 is 6.29. The van der Waals surface area contributed by atoms with Crippen LogP contribution in [0.1, 0.15) is 5.76 Å². The molecule has 0 radical (unpaired) electrons. The number of piperazine rings is 1. The van der Waals surface area contributed by atoms with Gasteiger partial charge in [0.05, 0.1) is 23.5 Å². The summed E-state index contributed by atoms with van der Waals surface area (Å²) < 4.78 is 5.12. The van der Waals surface area contributed by atoms with E-state index in [1.54, 1.807) is 36.4 Å². The molecule has 24 heavy (non-hydrogen) atoms. The summed E-state index contributed by atoms with van der Waals surface area (Å²) in [5.74, 6) is 0.284. The SMILES string of the molecule is O=C(C=Cc1ccco1)Nc1ccc(N2CCNC(=O)C2)c(Cl)c1. The average Bonchev–Trinajstić information content (AvgIpc) is 3.06. The zero-order valence-electron chi connectivity index (χ0n) is 12.8. The molecule has 0 aliphatic carbocycles. The normalized spacial score (nSPS) is 14.7. The molecule has 1 aliphatic heterocycles. The summed E-state index contributed by atoms with van der Waals surface area (Å²) in [6, 6.07) is 8.72. The highest BCUT2D eigenvalue weighted by Gasteiger charge is 2.18. The van der Waals surface area contributed by atoms with Gasteiger partial charge in [-0.05, 0) is 36.4 Å². The molecule has 0 atom stereocenters. The lowest BCUT2D eigenvalue weighted by Crippen LogP contribution is -2.47. The van der Waals surface area contributed by atoms with E-state index in [2.05, 4.69) is 10.6 Å². The Morgan fingerprint density at radius 3 is 2.96 bits per heavy atom. The molecular formula is C17H16ClN3O3. The van der Waals surface area contributed by atoms with Gasteiger partial charge in [-0.15, -0.1) is 0 Å². The summed E-state index contributed by atoms with van der Waals surface area (Å²) in [6.45, 7) is 1.56. The molecule has 7 heteroatoms. The van der Waals surface area contributed by atoms with Gasteiger partial charge in [-0.25, -0.2) is 0 Å². The van der Waals surface area contributed by atoms with Crippen LogP contribution < -0.4 is 15.5 Å². The highest BCUT2D eigenvalue weighted by atomic mass is 35.5. The van der Waals surface area contributed by atoms with Gasteiger partial charge in [0.1, 0.15) is 5.76 Å². The molecule has 0 saturated carbocycles. The fraction of sp³-hybridized carbons (Fsp3) is 0.176. The van der Waals surface area contributed by atoms with Gasteiger partial charge in [-0.2, -0.15) is 0 Å². The van der Waals surface area contributed by atoms with Crippen LogP contribution in [0.5, 0.6) is 0 Å². The molecule has 2 aromatic rings. The van der Waals surface area contributed by atoms with E-state index in [0.29, 0.717) is 29.6 Å². The molecular weight excluding hydrogens is 330 g/mol. The topological polar surface area (TPSA) is 74.6 Å². The predicted molar refractivity (Wildman–Crippen MR) is 93.0 cm³/mol. The van der Waals surface area contributed by atoms with Crippen LogP contribution in [0.4, 0.5) is 11.4 Å². The molecule has 1 aromatic carbocycles. The van der Waals surface area contributed by atoms with Crippen LogP contribution in [-0.2, 0) is 9.59 Å². The molecule has 1 fully saturated rings. The van der Waals surface area contributed by atoms with Gasteiger partial charge in [-0.1, -0.05) is 11.6 Å². The number of carbonyl (C=O) groups is 2. The number of nitrogens with one attached hydrogen (secondary N) is 2. The Bertz CT molecular complexity index is 771. The van der Waals surface area contributed by atoms with Crippen molar-refractivity contribution in [3.05, 3.63) is 53.5 Å². The Kier molecular flexibility index (Phi) is 4.86. The maximum Gasteiger partial charge on any atom is 0.248 e. The standard InChI is InChI=1S/C17H16ClN3O3/c18-14-10-12(20-16(22)6-4-13-2-1-9-24-13)3-5-15(14)21-8-7-19-17(23)11-21/h1-6,9-10H,7-8,11H2,(H,19,23)(H,20,22). The van der Waals surface area contributed by atoms with Crippen molar-refractivity contribution in [2.45, 2.75) is 0 Å². The average molecular weight is 346 g/mol. The second-order valence-corrected chi connectivity index (χ2v) is 5.68. The Labute approximate surface area is 144 Å². The van der Waals surface area contributed by atoms with E-state index >= 15 is 0 Å². The summed E-state index contributed by atoms with van der Waals surface area (Å²) in [7, 11) is 0. The van der Waals surface area contributed by atoms with Crippen LogP contribution in [0.3, 0.4) is 0 Å². The lowest BCUT2D eigenvalue weighted by Gasteiger charge is -2.29. The van der Waals surface area contributed by atoms with Crippen LogP contribution in [0.25, 0.3) is 6.08 Å². The van der Waals surface area contributed by atoms with Crippen molar-refractivity contribution in [3.63, 3.8) is 0 Å². The molecule has 2 amide bonds. The Morgan fingerprint density at radius 1 is 1.38 bits per heavy atom. The van der Waals surface area contributed by atoms with Crippen molar-refractivity contribution in [2.75, 3.05) is 29.9 Å². The van der Waals surface area contributed by atoms with Crippen LogP contribution in [0, 0.1) is 0 Å². The predicted octanol–water partition coefficient (Wildman–Crippen LogP) is 2.52. The van der Waals surface area contributed by atoms with E-state index in [1.807, 2.05) is 4.90 Å². The minimum absolute atomic E-state index is 0.0299. The number of carbonyl (C=O) groups excluding carboxylic acids is 2. The summed E-state index contributed by atoms with van der Waals surface area (Å²) in [6.07, 6.45) is 4.50.